The molecule has 0 aliphatic carbocycles. The lowest BCUT2D eigenvalue weighted by Gasteiger charge is -2.23. The molecule has 1 unspecified atom stereocenters. The van der Waals surface area contributed by atoms with E-state index in [1.807, 2.05) is 37.3 Å². The summed E-state index contributed by atoms with van der Waals surface area (Å²) in [6, 6.07) is 14.3. The highest BCUT2D eigenvalue weighted by Gasteiger charge is 2.24. The SMILES string of the molecule is Cc1ccc(C2=CC(c3ccc([N+](=O)[O-])cc3)n3nnnc3N2)cc1. The van der Waals surface area contributed by atoms with Crippen LogP contribution in [0, 0.1) is 17.0 Å². The third-order valence-corrected chi connectivity index (χ3v) is 4.14. The topological polar surface area (TPSA) is 98.8 Å². The molecule has 0 fully saturated rings. The summed E-state index contributed by atoms with van der Waals surface area (Å²) < 4.78 is 1.65. The second kappa shape index (κ2) is 5.82. The van der Waals surface area contributed by atoms with Crippen molar-refractivity contribution in [3.8, 4) is 0 Å². The highest BCUT2D eigenvalue weighted by molar-refractivity contribution is 5.77. The molecule has 0 saturated heterocycles. The van der Waals surface area contributed by atoms with Gasteiger partial charge >= 0.3 is 0 Å². The van der Waals surface area contributed by atoms with Gasteiger partial charge in [-0.05, 0) is 46.7 Å². The standard InChI is InChI=1S/C17H14N6O2/c1-11-2-4-12(5-3-11)15-10-16(22-17(18-15)19-20-21-22)13-6-8-14(9-7-13)23(24)25/h2-10,16H,1H3,(H,18,19,21). The number of nitrogens with one attached hydrogen (secondary N) is 1. The van der Waals surface area contributed by atoms with Crippen LogP contribution in [0.2, 0.25) is 0 Å². The van der Waals surface area contributed by atoms with Crippen LogP contribution in [0.3, 0.4) is 0 Å². The number of nitrogens with zero attached hydrogens (tertiary/aromatic N) is 5. The van der Waals surface area contributed by atoms with Crippen molar-refractivity contribution in [2.75, 3.05) is 5.32 Å². The largest absolute Gasteiger partial charge is 0.323 e. The van der Waals surface area contributed by atoms with E-state index in [4.69, 9.17) is 0 Å². The number of rotatable bonds is 3. The number of tetrazole rings is 1. The third kappa shape index (κ3) is 2.74. The van der Waals surface area contributed by atoms with Gasteiger partial charge in [0.1, 0.15) is 6.04 Å². The van der Waals surface area contributed by atoms with E-state index in [0.29, 0.717) is 5.95 Å². The summed E-state index contributed by atoms with van der Waals surface area (Å²) in [5.74, 6) is 0.529. The highest BCUT2D eigenvalue weighted by atomic mass is 16.6. The zero-order valence-corrected chi connectivity index (χ0v) is 13.3. The van der Waals surface area contributed by atoms with Gasteiger partial charge in [-0.3, -0.25) is 10.1 Å². The van der Waals surface area contributed by atoms with E-state index in [0.717, 1.165) is 16.8 Å². The molecule has 0 saturated carbocycles. The Kier molecular flexibility index (Phi) is 3.50. The first-order valence-electron chi connectivity index (χ1n) is 7.70. The summed E-state index contributed by atoms with van der Waals surface area (Å²) in [7, 11) is 0. The number of fused-ring (bicyclic) bond motifs is 1. The molecule has 0 radical (unpaired) electrons. The minimum absolute atomic E-state index is 0.0531. The summed E-state index contributed by atoms with van der Waals surface area (Å²) >= 11 is 0. The maximum Gasteiger partial charge on any atom is 0.269 e. The molecule has 2 heterocycles. The molecule has 2 aromatic carbocycles. The van der Waals surface area contributed by atoms with Gasteiger partial charge in [-0.2, -0.15) is 4.68 Å². The van der Waals surface area contributed by atoms with Crippen molar-refractivity contribution in [2.24, 2.45) is 0 Å². The van der Waals surface area contributed by atoms with E-state index in [1.54, 1.807) is 16.8 Å². The second-order valence-electron chi connectivity index (χ2n) is 5.81. The number of anilines is 1. The highest BCUT2D eigenvalue weighted by Crippen LogP contribution is 2.32. The van der Waals surface area contributed by atoms with Gasteiger partial charge in [-0.15, -0.1) is 0 Å². The summed E-state index contributed by atoms with van der Waals surface area (Å²) in [6.45, 7) is 2.03. The van der Waals surface area contributed by atoms with Gasteiger partial charge in [-0.1, -0.05) is 34.9 Å². The summed E-state index contributed by atoms with van der Waals surface area (Å²) in [6.07, 6.45) is 2.01. The molecule has 25 heavy (non-hydrogen) atoms. The zero-order valence-electron chi connectivity index (χ0n) is 13.3. The predicted molar refractivity (Wildman–Crippen MR) is 91.8 cm³/mol. The van der Waals surface area contributed by atoms with Gasteiger partial charge in [0.05, 0.1) is 4.92 Å². The number of aryl methyl sites for hydroxylation is 1. The monoisotopic (exact) mass is 334 g/mol. The number of allylic oxidation sites excluding steroid dienone is 1. The minimum atomic E-state index is -0.414. The number of benzene rings is 2. The van der Waals surface area contributed by atoms with Gasteiger partial charge in [0, 0.05) is 17.8 Å². The molecule has 0 bridgehead atoms. The van der Waals surface area contributed by atoms with E-state index < -0.39 is 4.92 Å². The van der Waals surface area contributed by atoms with Crippen LogP contribution in [0.15, 0.2) is 54.6 Å². The third-order valence-electron chi connectivity index (χ3n) is 4.14. The van der Waals surface area contributed by atoms with E-state index >= 15 is 0 Å². The average Bonchev–Trinajstić information content (AvgIpc) is 3.10. The van der Waals surface area contributed by atoms with E-state index in [-0.39, 0.29) is 11.7 Å². The Balaban J connectivity index is 1.76. The Labute approximate surface area is 142 Å². The first kappa shape index (κ1) is 15.0. The fourth-order valence-corrected chi connectivity index (χ4v) is 2.79. The van der Waals surface area contributed by atoms with Crippen LogP contribution in [0.1, 0.15) is 22.7 Å². The maximum atomic E-state index is 10.9. The smallest absolute Gasteiger partial charge is 0.269 e. The van der Waals surface area contributed by atoms with Crippen molar-refractivity contribution in [2.45, 2.75) is 13.0 Å². The fourth-order valence-electron chi connectivity index (χ4n) is 2.79. The fraction of sp³-hybridized carbons (Fsp3) is 0.118. The van der Waals surface area contributed by atoms with Gasteiger partial charge in [-0.25, -0.2) is 0 Å². The quantitative estimate of drug-likeness (QED) is 0.584. The molecule has 1 N–H and O–H groups in total. The lowest BCUT2D eigenvalue weighted by atomic mass is 10.0. The Morgan fingerprint density at radius 1 is 1.12 bits per heavy atom. The van der Waals surface area contributed by atoms with E-state index in [1.165, 1.54) is 17.7 Å². The van der Waals surface area contributed by atoms with Crippen LogP contribution in [-0.4, -0.2) is 25.1 Å². The predicted octanol–water partition coefficient (Wildman–Crippen LogP) is 2.95. The van der Waals surface area contributed by atoms with Crippen molar-refractivity contribution >= 4 is 17.3 Å². The van der Waals surface area contributed by atoms with Crippen molar-refractivity contribution in [1.82, 2.24) is 20.2 Å². The number of hydrogen-bond donors (Lipinski definition) is 1. The number of aromatic nitrogens is 4. The molecule has 3 aromatic rings. The van der Waals surface area contributed by atoms with Crippen LogP contribution in [0.25, 0.3) is 5.70 Å². The molecule has 124 valence electrons. The summed E-state index contributed by atoms with van der Waals surface area (Å²) in [5.41, 5.74) is 4.01. The lowest BCUT2D eigenvalue weighted by molar-refractivity contribution is -0.384. The zero-order chi connectivity index (χ0) is 17.4. The molecule has 1 aliphatic rings. The Morgan fingerprint density at radius 2 is 1.84 bits per heavy atom. The van der Waals surface area contributed by atoms with Crippen molar-refractivity contribution in [3.63, 3.8) is 0 Å². The molecule has 1 aliphatic heterocycles. The number of hydrogen-bond acceptors (Lipinski definition) is 6. The Hall–Kier alpha value is -3.55. The van der Waals surface area contributed by atoms with Crippen LogP contribution in [0.4, 0.5) is 11.6 Å². The van der Waals surface area contributed by atoms with Gasteiger partial charge in [0.25, 0.3) is 5.69 Å². The number of nitro benzene ring substituents is 1. The van der Waals surface area contributed by atoms with E-state index in [2.05, 4.69) is 20.8 Å². The molecular weight excluding hydrogens is 320 g/mol. The molecule has 4 rings (SSSR count). The van der Waals surface area contributed by atoms with Gasteiger partial charge in [0.2, 0.25) is 5.95 Å². The summed E-state index contributed by atoms with van der Waals surface area (Å²) in [4.78, 5) is 10.4. The Bertz CT molecular complexity index is 960. The summed E-state index contributed by atoms with van der Waals surface area (Å²) in [5, 5.41) is 25.8. The average molecular weight is 334 g/mol. The Morgan fingerprint density at radius 3 is 2.52 bits per heavy atom. The maximum absolute atomic E-state index is 10.9. The first-order valence-corrected chi connectivity index (χ1v) is 7.70. The van der Waals surface area contributed by atoms with Gasteiger partial charge < -0.3 is 5.32 Å². The molecular formula is C17H14N6O2. The van der Waals surface area contributed by atoms with Crippen molar-refractivity contribution in [1.29, 1.82) is 0 Å². The van der Waals surface area contributed by atoms with Crippen molar-refractivity contribution < 1.29 is 4.92 Å². The molecule has 1 aromatic heterocycles. The molecule has 8 nitrogen and oxygen atoms in total. The number of nitro groups is 1. The van der Waals surface area contributed by atoms with Gasteiger partial charge in [0.15, 0.2) is 0 Å². The second-order valence-corrected chi connectivity index (χ2v) is 5.81. The molecule has 0 amide bonds. The first-order chi connectivity index (χ1) is 12.1. The lowest BCUT2D eigenvalue weighted by Crippen LogP contribution is -2.20. The number of non-ortho nitro benzene ring substituents is 1. The minimum Gasteiger partial charge on any atom is -0.323 e. The molecule has 0 spiro atoms. The normalized spacial score (nSPS) is 15.9. The van der Waals surface area contributed by atoms with Crippen molar-refractivity contribution in [3.05, 3.63) is 81.4 Å². The van der Waals surface area contributed by atoms with Crippen LogP contribution in [-0.2, 0) is 0 Å². The van der Waals surface area contributed by atoms with E-state index in [9.17, 15) is 10.1 Å². The van der Waals surface area contributed by atoms with Crippen LogP contribution < -0.4 is 5.32 Å². The van der Waals surface area contributed by atoms with Crippen LogP contribution in [0.5, 0.6) is 0 Å². The molecule has 1 atom stereocenters. The molecule has 8 heteroatoms. The van der Waals surface area contributed by atoms with Crippen LogP contribution >= 0.6 is 0 Å².